The first kappa shape index (κ1) is 11.6. The summed E-state index contributed by atoms with van der Waals surface area (Å²) >= 11 is 11.9. The van der Waals surface area contributed by atoms with E-state index in [4.69, 9.17) is 33.7 Å². The molecule has 0 amide bonds. The van der Waals surface area contributed by atoms with Crippen molar-refractivity contribution in [3.05, 3.63) is 27.2 Å². The maximum absolute atomic E-state index is 5.99. The molecule has 0 saturated heterocycles. The summed E-state index contributed by atoms with van der Waals surface area (Å²) in [6.07, 6.45) is 0. The Morgan fingerprint density at radius 2 is 2.00 bits per heavy atom. The molecule has 2 nitrogen and oxygen atoms in total. The number of methoxy groups -OCH3 is 1. The molecule has 0 bridgehead atoms. The lowest BCUT2D eigenvalue weighted by Gasteiger charge is -2.16. The Balaban J connectivity index is 3.43. The molecule has 78 valence electrons. The molecule has 0 fully saturated rings. The standard InChI is InChI=1S/C10H13Cl2NO/c1-5-9(12)8(11)4-7(6(2)13)10(5)14-3/h4,6H,13H2,1-3H3. The average molecular weight is 234 g/mol. The van der Waals surface area contributed by atoms with Crippen molar-refractivity contribution in [2.24, 2.45) is 5.73 Å². The van der Waals surface area contributed by atoms with Crippen molar-refractivity contribution in [3.63, 3.8) is 0 Å². The van der Waals surface area contributed by atoms with Gasteiger partial charge in [0, 0.05) is 17.2 Å². The lowest BCUT2D eigenvalue weighted by atomic mass is 10.0. The Bertz CT molecular complexity index is 350. The van der Waals surface area contributed by atoms with Crippen LogP contribution in [0.3, 0.4) is 0 Å². The molecule has 0 heterocycles. The van der Waals surface area contributed by atoms with Crippen molar-refractivity contribution < 1.29 is 4.74 Å². The second-order valence-corrected chi connectivity index (χ2v) is 3.99. The fourth-order valence-electron chi connectivity index (χ4n) is 1.37. The zero-order chi connectivity index (χ0) is 10.9. The highest BCUT2D eigenvalue weighted by Gasteiger charge is 2.15. The van der Waals surface area contributed by atoms with Gasteiger partial charge in [-0.2, -0.15) is 0 Å². The van der Waals surface area contributed by atoms with E-state index in [1.54, 1.807) is 13.2 Å². The van der Waals surface area contributed by atoms with Crippen molar-refractivity contribution in [2.45, 2.75) is 19.9 Å². The van der Waals surface area contributed by atoms with E-state index in [0.29, 0.717) is 10.0 Å². The normalized spacial score (nSPS) is 12.7. The van der Waals surface area contributed by atoms with Crippen LogP contribution < -0.4 is 10.5 Å². The maximum atomic E-state index is 5.99. The van der Waals surface area contributed by atoms with Gasteiger partial charge in [0.1, 0.15) is 5.75 Å². The molecule has 4 heteroatoms. The predicted molar refractivity (Wildman–Crippen MR) is 60.4 cm³/mol. The van der Waals surface area contributed by atoms with E-state index in [-0.39, 0.29) is 6.04 Å². The Hall–Kier alpha value is -0.440. The van der Waals surface area contributed by atoms with E-state index >= 15 is 0 Å². The molecule has 0 aliphatic rings. The molecule has 0 radical (unpaired) electrons. The van der Waals surface area contributed by atoms with Crippen molar-refractivity contribution >= 4 is 23.2 Å². The van der Waals surface area contributed by atoms with Crippen molar-refractivity contribution in [1.29, 1.82) is 0 Å². The Morgan fingerprint density at radius 3 is 2.43 bits per heavy atom. The smallest absolute Gasteiger partial charge is 0.128 e. The average Bonchev–Trinajstić information content (AvgIpc) is 2.13. The van der Waals surface area contributed by atoms with Crippen LogP contribution in [0.5, 0.6) is 5.75 Å². The molecule has 1 atom stereocenters. The topological polar surface area (TPSA) is 35.2 Å². The first-order chi connectivity index (χ1) is 6.49. The SMILES string of the molecule is COc1c(C(C)N)cc(Cl)c(Cl)c1C. The molecule has 14 heavy (non-hydrogen) atoms. The van der Waals surface area contributed by atoms with Crippen LogP contribution in [0.25, 0.3) is 0 Å². The quantitative estimate of drug-likeness (QED) is 0.851. The van der Waals surface area contributed by atoms with Crippen LogP contribution >= 0.6 is 23.2 Å². The van der Waals surface area contributed by atoms with Crippen LogP contribution in [0.1, 0.15) is 24.1 Å². The minimum Gasteiger partial charge on any atom is -0.496 e. The molecule has 0 aromatic heterocycles. The van der Waals surface area contributed by atoms with Gasteiger partial charge >= 0.3 is 0 Å². The van der Waals surface area contributed by atoms with Gasteiger partial charge in [-0.3, -0.25) is 0 Å². The Labute approximate surface area is 94.0 Å². The van der Waals surface area contributed by atoms with Gasteiger partial charge in [0.05, 0.1) is 17.2 Å². The van der Waals surface area contributed by atoms with Gasteiger partial charge in [0.2, 0.25) is 0 Å². The summed E-state index contributed by atoms with van der Waals surface area (Å²) in [5, 5.41) is 1.03. The summed E-state index contributed by atoms with van der Waals surface area (Å²) in [6.45, 7) is 3.74. The lowest BCUT2D eigenvalue weighted by Crippen LogP contribution is -2.08. The van der Waals surface area contributed by atoms with Crippen LogP contribution in [0.4, 0.5) is 0 Å². The molecular weight excluding hydrogens is 221 g/mol. The Kier molecular flexibility index (Phi) is 3.65. The van der Waals surface area contributed by atoms with E-state index < -0.39 is 0 Å². The van der Waals surface area contributed by atoms with Gasteiger partial charge in [-0.1, -0.05) is 23.2 Å². The summed E-state index contributed by atoms with van der Waals surface area (Å²) in [5.74, 6) is 0.717. The van der Waals surface area contributed by atoms with Crippen LogP contribution in [0, 0.1) is 6.92 Å². The van der Waals surface area contributed by atoms with E-state index in [1.807, 2.05) is 13.8 Å². The van der Waals surface area contributed by atoms with Gasteiger partial charge in [-0.15, -0.1) is 0 Å². The predicted octanol–water partition coefficient (Wildman–Crippen LogP) is 3.33. The number of hydrogen-bond donors (Lipinski definition) is 1. The largest absolute Gasteiger partial charge is 0.496 e. The highest BCUT2D eigenvalue weighted by molar-refractivity contribution is 6.42. The van der Waals surface area contributed by atoms with E-state index in [0.717, 1.165) is 16.9 Å². The minimum atomic E-state index is -0.126. The third-order valence-electron chi connectivity index (χ3n) is 2.12. The number of rotatable bonds is 2. The first-order valence-electron chi connectivity index (χ1n) is 4.27. The van der Waals surface area contributed by atoms with Gasteiger partial charge in [-0.05, 0) is 19.9 Å². The third-order valence-corrected chi connectivity index (χ3v) is 3.00. The molecule has 0 aliphatic heterocycles. The second-order valence-electron chi connectivity index (χ2n) is 3.21. The van der Waals surface area contributed by atoms with E-state index in [1.165, 1.54) is 0 Å². The molecule has 1 unspecified atom stereocenters. The highest BCUT2D eigenvalue weighted by Crippen LogP contribution is 2.37. The summed E-state index contributed by atoms with van der Waals surface area (Å²) in [5.41, 5.74) is 7.50. The van der Waals surface area contributed by atoms with Crippen molar-refractivity contribution in [2.75, 3.05) is 7.11 Å². The van der Waals surface area contributed by atoms with Crippen LogP contribution in [0.15, 0.2) is 6.07 Å². The molecule has 2 N–H and O–H groups in total. The zero-order valence-corrected chi connectivity index (χ0v) is 9.91. The van der Waals surface area contributed by atoms with Gasteiger partial charge < -0.3 is 10.5 Å². The fourth-order valence-corrected chi connectivity index (χ4v) is 1.77. The summed E-state index contributed by atoms with van der Waals surface area (Å²) in [7, 11) is 1.60. The molecule has 1 aromatic rings. The maximum Gasteiger partial charge on any atom is 0.128 e. The zero-order valence-electron chi connectivity index (χ0n) is 8.40. The lowest BCUT2D eigenvalue weighted by molar-refractivity contribution is 0.404. The molecule has 0 saturated carbocycles. The van der Waals surface area contributed by atoms with Gasteiger partial charge in [0.15, 0.2) is 0 Å². The van der Waals surface area contributed by atoms with Crippen LogP contribution in [-0.2, 0) is 0 Å². The highest BCUT2D eigenvalue weighted by atomic mass is 35.5. The number of halogens is 2. The van der Waals surface area contributed by atoms with Crippen LogP contribution in [0.2, 0.25) is 10.0 Å². The number of hydrogen-bond acceptors (Lipinski definition) is 2. The Morgan fingerprint density at radius 1 is 1.43 bits per heavy atom. The molecule has 1 aromatic carbocycles. The summed E-state index contributed by atoms with van der Waals surface area (Å²) in [6, 6.07) is 1.62. The van der Waals surface area contributed by atoms with Gasteiger partial charge in [0.25, 0.3) is 0 Å². The molecule has 0 aliphatic carbocycles. The first-order valence-corrected chi connectivity index (χ1v) is 5.02. The van der Waals surface area contributed by atoms with Gasteiger partial charge in [-0.25, -0.2) is 0 Å². The van der Waals surface area contributed by atoms with Crippen molar-refractivity contribution in [1.82, 2.24) is 0 Å². The molecular formula is C10H13Cl2NO. The third kappa shape index (κ3) is 1.97. The fraction of sp³-hybridized carbons (Fsp3) is 0.400. The van der Waals surface area contributed by atoms with E-state index in [9.17, 15) is 0 Å². The van der Waals surface area contributed by atoms with E-state index in [2.05, 4.69) is 0 Å². The van der Waals surface area contributed by atoms with Crippen LogP contribution in [-0.4, -0.2) is 7.11 Å². The second kappa shape index (κ2) is 4.39. The van der Waals surface area contributed by atoms with Crippen molar-refractivity contribution in [3.8, 4) is 5.75 Å². The minimum absolute atomic E-state index is 0.126. The number of nitrogens with two attached hydrogens (primary N) is 1. The number of ether oxygens (including phenoxy) is 1. The number of benzene rings is 1. The summed E-state index contributed by atoms with van der Waals surface area (Å²) < 4.78 is 5.25. The molecule has 1 rings (SSSR count). The monoisotopic (exact) mass is 233 g/mol. The molecule has 0 spiro atoms. The summed E-state index contributed by atoms with van der Waals surface area (Å²) in [4.78, 5) is 0.